The maximum absolute atomic E-state index is 12.1. The number of terminal acetylenes is 1. The first-order chi connectivity index (χ1) is 10.3. The van der Waals surface area contributed by atoms with Crippen molar-refractivity contribution in [2.45, 2.75) is 44.8 Å². The van der Waals surface area contributed by atoms with E-state index in [-0.39, 0.29) is 23.8 Å². The average Bonchev–Trinajstić information content (AvgIpc) is 3.16. The number of hydrogen-bond donors (Lipinski definition) is 2. The van der Waals surface area contributed by atoms with Crippen LogP contribution in [0.4, 0.5) is 0 Å². The van der Waals surface area contributed by atoms with E-state index < -0.39 is 12.0 Å². The van der Waals surface area contributed by atoms with Crippen LogP contribution < -0.4 is 5.32 Å². The summed E-state index contributed by atoms with van der Waals surface area (Å²) in [6.45, 7) is 5.03. The normalized spacial score (nSPS) is 20.4. The number of aliphatic hydroxyl groups is 1. The van der Waals surface area contributed by atoms with Crippen LogP contribution in [0.5, 0.6) is 0 Å². The molecule has 0 aromatic carbocycles. The molecule has 0 bridgehead atoms. The number of aliphatic hydroxyl groups excluding tert-OH is 1. The molecule has 120 valence electrons. The third-order valence-corrected chi connectivity index (χ3v) is 5.48. The molecule has 5 nitrogen and oxygen atoms in total. The first-order valence-electron chi connectivity index (χ1n) is 7.36. The Morgan fingerprint density at radius 3 is 2.50 bits per heavy atom. The maximum atomic E-state index is 12.1. The second-order valence-electron chi connectivity index (χ2n) is 6.29. The third kappa shape index (κ3) is 3.36. The molecular formula is C16H21BrN2O3. The van der Waals surface area contributed by atoms with Crippen molar-refractivity contribution in [2.75, 3.05) is 13.1 Å². The van der Waals surface area contributed by atoms with Crippen LogP contribution in [0.1, 0.15) is 33.1 Å². The van der Waals surface area contributed by atoms with Crippen molar-refractivity contribution in [3.05, 3.63) is 10.1 Å². The zero-order valence-corrected chi connectivity index (χ0v) is 14.4. The number of likely N-dealkylation sites (tertiary alicyclic amines) is 1. The lowest BCUT2D eigenvalue weighted by Gasteiger charge is -2.44. The second-order valence-corrected chi connectivity index (χ2v) is 7.08. The van der Waals surface area contributed by atoms with E-state index in [2.05, 4.69) is 27.2 Å². The van der Waals surface area contributed by atoms with Crippen LogP contribution >= 0.6 is 15.9 Å². The van der Waals surface area contributed by atoms with Gasteiger partial charge >= 0.3 is 0 Å². The molecule has 0 spiro atoms. The first kappa shape index (κ1) is 17.0. The number of nitrogens with one attached hydrogen (secondary N) is 1. The van der Waals surface area contributed by atoms with Gasteiger partial charge in [-0.1, -0.05) is 5.57 Å². The van der Waals surface area contributed by atoms with Crippen LogP contribution in [0, 0.1) is 18.3 Å². The Kier molecular flexibility index (Phi) is 4.98. The molecule has 6 heteroatoms. The van der Waals surface area contributed by atoms with Gasteiger partial charge in [-0.2, -0.15) is 0 Å². The summed E-state index contributed by atoms with van der Waals surface area (Å²) >= 11 is 3.31. The first-order valence-corrected chi connectivity index (χ1v) is 8.16. The molecule has 22 heavy (non-hydrogen) atoms. The van der Waals surface area contributed by atoms with Gasteiger partial charge < -0.3 is 15.3 Å². The zero-order valence-electron chi connectivity index (χ0n) is 12.9. The van der Waals surface area contributed by atoms with Crippen molar-refractivity contribution in [3.63, 3.8) is 0 Å². The Hall–Kier alpha value is -1.32. The molecule has 0 radical (unpaired) electrons. The van der Waals surface area contributed by atoms with Gasteiger partial charge in [-0.05, 0) is 42.6 Å². The fourth-order valence-corrected chi connectivity index (χ4v) is 2.90. The highest BCUT2D eigenvalue weighted by molar-refractivity contribution is 9.12. The fourth-order valence-electron chi connectivity index (χ4n) is 2.65. The van der Waals surface area contributed by atoms with Gasteiger partial charge in [-0.15, -0.1) is 12.3 Å². The number of hydrogen-bond acceptors (Lipinski definition) is 3. The predicted octanol–water partition coefficient (Wildman–Crippen LogP) is 1.17. The molecule has 0 aromatic heterocycles. The Morgan fingerprint density at radius 2 is 2.05 bits per heavy atom. The van der Waals surface area contributed by atoms with E-state index in [0.29, 0.717) is 17.6 Å². The van der Waals surface area contributed by atoms with Crippen molar-refractivity contribution in [2.24, 2.45) is 5.92 Å². The summed E-state index contributed by atoms with van der Waals surface area (Å²) in [5.41, 5.74) is 0.682. The minimum atomic E-state index is -1.15. The predicted molar refractivity (Wildman–Crippen MR) is 86.9 cm³/mol. The topological polar surface area (TPSA) is 69.6 Å². The molecule has 1 aliphatic carbocycles. The van der Waals surface area contributed by atoms with Crippen LogP contribution in [-0.4, -0.2) is 46.6 Å². The van der Waals surface area contributed by atoms with E-state index in [4.69, 9.17) is 6.42 Å². The quantitative estimate of drug-likeness (QED) is 0.565. The van der Waals surface area contributed by atoms with Crippen molar-refractivity contribution >= 4 is 27.7 Å². The SMILES string of the molecule is C#CCC(O)C(=O)NC1(C2CN(C(=O)C(Br)=C(C)C)C2)CC1. The highest BCUT2D eigenvalue weighted by Gasteiger charge is 2.55. The number of halogens is 1. The zero-order chi connectivity index (χ0) is 16.5. The molecule has 0 aromatic rings. The van der Waals surface area contributed by atoms with Crippen molar-refractivity contribution in [3.8, 4) is 12.3 Å². The summed E-state index contributed by atoms with van der Waals surface area (Å²) in [5.74, 6) is 2.11. The van der Waals surface area contributed by atoms with E-state index in [0.717, 1.165) is 18.4 Å². The minimum Gasteiger partial charge on any atom is -0.382 e. The summed E-state index contributed by atoms with van der Waals surface area (Å²) in [5, 5.41) is 12.5. The Morgan fingerprint density at radius 1 is 1.45 bits per heavy atom. The largest absolute Gasteiger partial charge is 0.382 e. The van der Waals surface area contributed by atoms with Crippen LogP contribution in [0.25, 0.3) is 0 Å². The summed E-state index contributed by atoms with van der Waals surface area (Å²) < 4.78 is 0.601. The number of rotatable bonds is 5. The lowest BCUT2D eigenvalue weighted by molar-refractivity contribution is -0.135. The Bertz CT molecular complexity index is 550. The molecule has 1 aliphatic heterocycles. The molecule has 2 N–H and O–H groups in total. The lowest BCUT2D eigenvalue weighted by atomic mass is 9.88. The minimum absolute atomic E-state index is 0.00857. The fraction of sp³-hybridized carbons (Fsp3) is 0.625. The highest BCUT2D eigenvalue weighted by atomic mass is 79.9. The van der Waals surface area contributed by atoms with Crippen LogP contribution in [0.2, 0.25) is 0 Å². The van der Waals surface area contributed by atoms with Crippen molar-refractivity contribution in [1.82, 2.24) is 10.2 Å². The van der Waals surface area contributed by atoms with E-state index >= 15 is 0 Å². The van der Waals surface area contributed by atoms with Gasteiger partial charge in [-0.3, -0.25) is 9.59 Å². The summed E-state index contributed by atoms with van der Waals surface area (Å²) in [4.78, 5) is 25.8. The lowest BCUT2D eigenvalue weighted by Crippen LogP contribution is -2.60. The molecule has 1 unspecified atom stereocenters. The van der Waals surface area contributed by atoms with Gasteiger partial charge in [0.25, 0.3) is 5.91 Å². The summed E-state index contributed by atoms with van der Waals surface area (Å²) in [6.07, 6.45) is 5.74. The van der Waals surface area contributed by atoms with Gasteiger partial charge in [-0.25, -0.2) is 0 Å². The van der Waals surface area contributed by atoms with Crippen molar-refractivity contribution in [1.29, 1.82) is 0 Å². The van der Waals surface area contributed by atoms with Gasteiger partial charge in [0.2, 0.25) is 5.91 Å². The smallest absolute Gasteiger partial charge is 0.260 e. The van der Waals surface area contributed by atoms with E-state index in [1.165, 1.54) is 0 Å². The molecule has 2 amide bonds. The molecule has 2 fully saturated rings. The molecular weight excluding hydrogens is 348 g/mol. The Balaban J connectivity index is 1.88. The maximum Gasteiger partial charge on any atom is 0.260 e. The monoisotopic (exact) mass is 368 g/mol. The molecule has 1 heterocycles. The summed E-state index contributed by atoms with van der Waals surface area (Å²) in [7, 11) is 0. The Labute approximate surface area is 139 Å². The van der Waals surface area contributed by atoms with Crippen molar-refractivity contribution < 1.29 is 14.7 Å². The molecule has 1 saturated carbocycles. The third-order valence-electron chi connectivity index (χ3n) is 4.35. The number of carbonyl (C=O) groups excluding carboxylic acids is 2. The van der Waals surface area contributed by atoms with Gasteiger partial charge in [0.05, 0.1) is 4.48 Å². The van der Waals surface area contributed by atoms with Crippen LogP contribution in [-0.2, 0) is 9.59 Å². The van der Waals surface area contributed by atoms with E-state index in [1.54, 1.807) is 4.90 Å². The van der Waals surface area contributed by atoms with Gasteiger partial charge in [0.1, 0.15) is 6.10 Å². The average molecular weight is 369 g/mol. The standard InChI is InChI=1S/C16H21BrN2O3/c1-4-5-12(20)14(21)18-16(6-7-16)11-8-19(9-11)15(22)13(17)10(2)3/h1,11-12,20H,5-9H2,2-3H3,(H,18,21). The molecule has 2 aliphatic rings. The number of carbonyl (C=O) groups is 2. The number of allylic oxidation sites excluding steroid dienone is 1. The van der Waals surface area contributed by atoms with E-state index in [9.17, 15) is 14.7 Å². The summed E-state index contributed by atoms with van der Waals surface area (Å²) in [6, 6.07) is 0. The molecule has 1 atom stereocenters. The van der Waals surface area contributed by atoms with Gasteiger partial charge in [0, 0.05) is 31.0 Å². The molecule has 1 saturated heterocycles. The van der Waals surface area contributed by atoms with E-state index in [1.807, 2.05) is 13.8 Å². The second kappa shape index (κ2) is 6.43. The van der Waals surface area contributed by atoms with Crippen LogP contribution in [0.15, 0.2) is 10.1 Å². The molecule has 2 rings (SSSR count). The highest BCUT2D eigenvalue weighted by Crippen LogP contribution is 2.46. The number of amides is 2. The number of nitrogens with zero attached hydrogens (tertiary/aromatic N) is 1. The van der Waals surface area contributed by atoms with Gasteiger partial charge in [0.15, 0.2) is 0 Å². The van der Waals surface area contributed by atoms with Crippen LogP contribution in [0.3, 0.4) is 0 Å².